The molecule has 1 aromatic heterocycles. The number of piperidine rings is 1. The van der Waals surface area contributed by atoms with Crippen LogP contribution in [0.3, 0.4) is 0 Å². The summed E-state index contributed by atoms with van der Waals surface area (Å²) in [6.07, 6.45) is -1.73. The van der Waals surface area contributed by atoms with E-state index in [-0.39, 0.29) is 11.9 Å². The molecule has 1 aliphatic heterocycles. The zero-order valence-electron chi connectivity index (χ0n) is 14.0. The van der Waals surface area contributed by atoms with Crippen LogP contribution in [0.25, 0.3) is 0 Å². The van der Waals surface area contributed by atoms with Crippen molar-refractivity contribution < 1.29 is 13.2 Å². The summed E-state index contributed by atoms with van der Waals surface area (Å²) < 4.78 is 38.3. The van der Waals surface area contributed by atoms with E-state index in [4.69, 9.17) is 5.26 Å². The maximum atomic E-state index is 12.8. The highest BCUT2D eigenvalue weighted by Crippen LogP contribution is 2.28. The minimum absolute atomic E-state index is 0.0260. The molecule has 0 bridgehead atoms. The predicted molar refractivity (Wildman–Crippen MR) is 90.1 cm³/mol. The van der Waals surface area contributed by atoms with E-state index in [1.165, 1.54) is 0 Å². The third kappa shape index (κ3) is 4.70. The molecule has 3 rings (SSSR count). The van der Waals surface area contributed by atoms with E-state index in [1.54, 1.807) is 12.1 Å². The van der Waals surface area contributed by atoms with Crippen molar-refractivity contribution in [3.8, 4) is 6.07 Å². The minimum Gasteiger partial charge on any atom is -0.366 e. The Bertz CT molecular complexity index is 783. The lowest BCUT2D eigenvalue weighted by Crippen LogP contribution is -2.41. The van der Waals surface area contributed by atoms with Gasteiger partial charge >= 0.3 is 6.18 Å². The van der Waals surface area contributed by atoms with Crippen LogP contribution in [0.2, 0.25) is 0 Å². The average Bonchev–Trinajstić information content (AvgIpc) is 2.62. The standard InChI is InChI=1S/C18H18F3N5/c19-18(20,21)16-8-17(24-12-23-16)25-15-2-1-7-26(11-15)10-14-5-3-13(9-22)4-6-14/h3-6,8,12,15H,1-2,7,10-11H2,(H,23,24,25). The zero-order chi connectivity index (χ0) is 18.6. The SMILES string of the molecule is N#Cc1ccc(CN2CCCC(Nc3cc(C(F)(F)F)ncn3)C2)cc1. The van der Waals surface area contributed by atoms with Gasteiger partial charge < -0.3 is 5.32 Å². The van der Waals surface area contributed by atoms with Crippen LogP contribution in [-0.2, 0) is 12.7 Å². The van der Waals surface area contributed by atoms with E-state index < -0.39 is 11.9 Å². The molecule has 0 radical (unpaired) electrons. The van der Waals surface area contributed by atoms with Gasteiger partial charge in [-0.15, -0.1) is 0 Å². The Hall–Kier alpha value is -2.66. The van der Waals surface area contributed by atoms with Gasteiger partial charge in [0.15, 0.2) is 0 Å². The molecule has 1 fully saturated rings. The number of alkyl halides is 3. The number of benzene rings is 1. The lowest BCUT2D eigenvalue weighted by Gasteiger charge is -2.33. The molecule has 0 aliphatic carbocycles. The first-order valence-corrected chi connectivity index (χ1v) is 8.31. The molecule has 0 amide bonds. The second-order valence-corrected chi connectivity index (χ2v) is 6.31. The van der Waals surface area contributed by atoms with Gasteiger partial charge in [0, 0.05) is 25.2 Å². The first-order chi connectivity index (χ1) is 12.4. The molecule has 2 heterocycles. The normalized spacial score (nSPS) is 18.3. The van der Waals surface area contributed by atoms with E-state index in [9.17, 15) is 13.2 Å². The van der Waals surface area contributed by atoms with Crippen molar-refractivity contribution in [2.24, 2.45) is 0 Å². The van der Waals surface area contributed by atoms with Crippen molar-refractivity contribution in [2.45, 2.75) is 31.6 Å². The quantitative estimate of drug-likeness (QED) is 0.904. The fourth-order valence-electron chi connectivity index (χ4n) is 3.06. The van der Waals surface area contributed by atoms with Gasteiger partial charge in [0.05, 0.1) is 11.6 Å². The van der Waals surface area contributed by atoms with Gasteiger partial charge in [0.25, 0.3) is 0 Å². The van der Waals surface area contributed by atoms with Gasteiger partial charge in [-0.3, -0.25) is 4.90 Å². The molecule has 1 saturated heterocycles. The Morgan fingerprint density at radius 1 is 1.23 bits per heavy atom. The van der Waals surface area contributed by atoms with E-state index in [0.29, 0.717) is 12.1 Å². The summed E-state index contributed by atoms with van der Waals surface area (Å²) in [6.45, 7) is 2.38. The number of hydrogen-bond donors (Lipinski definition) is 1. The number of nitrogens with zero attached hydrogens (tertiary/aromatic N) is 4. The number of anilines is 1. The maximum absolute atomic E-state index is 12.8. The third-order valence-corrected chi connectivity index (χ3v) is 4.30. The average molecular weight is 361 g/mol. The molecule has 136 valence electrons. The second kappa shape index (κ2) is 7.70. The number of nitrogens with one attached hydrogen (secondary N) is 1. The molecule has 1 unspecified atom stereocenters. The van der Waals surface area contributed by atoms with Crippen molar-refractivity contribution in [2.75, 3.05) is 18.4 Å². The van der Waals surface area contributed by atoms with Crippen LogP contribution in [0.4, 0.5) is 19.0 Å². The summed E-state index contributed by atoms with van der Waals surface area (Å²) in [5.74, 6) is 0.192. The molecule has 1 aliphatic rings. The first kappa shape index (κ1) is 18.1. The summed E-state index contributed by atoms with van der Waals surface area (Å²) >= 11 is 0. The lowest BCUT2D eigenvalue weighted by molar-refractivity contribution is -0.141. The Balaban J connectivity index is 1.61. The van der Waals surface area contributed by atoms with E-state index in [1.807, 2.05) is 12.1 Å². The van der Waals surface area contributed by atoms with Crippen LogP contribution in [0.15, 0.2) is 36.7 Å². The first-order valence-electron chi connectivity index (χ1n) is 8.31. The fraction of sp³-hybridized carbons (Fsp3) is 0.389. The summed E-state index contributed by atoms with van der Waals surface area (Å²) in [4.78, 5) is 9.43. The summed E-state index contributed by atoms with van der Waals surface area (Å²) in [5.41, 5.74) is 0.780. The van der Waals surface area contributed by atoms with Gasteiger partial charge in [-0.05, 0) is 37.1 Å². The van der Waals surface area contributed by atoms with Crippen LogP contribution < -0.4 is 5.32 Å². The lowest BCUT2D eigenvalue weighted by atomic mass is 10.0. The van der Waals surface area contributed by atoms with Crippen LogP contribution in [0.1, 0.15) is 29.7 Å². The largest absolute Gasteiger partial charge is 0.433 e. The topological polar surface area (TPSA) is 64.8 Å². The highest BCUT2D eigenvalue weighted by atomic mass is 19.4. The van der Waals surface area contributed by atoms with E-state index >= 15 is 0 Å². The molecule has 2 aromatic rings. The van der Waals surface area contributed by atoms with E-state index in [0.717, 1.165) is 43.9 Å². The van der Waals surface area contributed by atoms with Gasteiger partial charge in [0.1, 0.15) is 17.8 Å². The molecule has 5 nitrogen and oxygen atoms in total. The number of hydrogen-bond acceptors (Lipinski definition) is 5. The molecule has 8 heteroatoms. The van der Waals surface area contributed by atoms with Gasteiger partial charge in [-0.1, -0.05) is 12.1 Å². The maximum Gasteiger partial charge on any atom is 0.433 e. The fourth-order valence-corrected chi connectivity index (χ4v) is 3.06. The molecule has 1 aromatic carbocycles. The third-order valence-electron chi connectivity index (χ3n) is 4.30. The minimum atomic E-state index is -4.48. The van der Waals surface area contributed by atoms with Gasteiger partial charge in [-0.2, -0.15) is 18.4 Å². The Morgan fingerprint density at radius 3 is 2.69 bits per heavy atom. The van der Waals surface area contributed by atoms with Crippen LogP contribution in [0.5, 0.6) is 0 Å². The number of rotatable bonds is 4. The van der Waals surface area contributed by atoms with Crippen molar-refractivity contribution in [3.63, 3.8) is 0 Å². The van der Waals surface area contributed by atoms with E-state index in [2.05, 4.69) is 26.3 Å². The Morgan fingerprint density at radius 2 is 2.00 bits per heavy atom. The molecule has 1 atom stereocenters. The summed E-state index contributed by atoms with van der Waals surface area (Å²) in [6, 6.07) is 10.5. The van der Waals surface area contributed by atoms with Crippen LogP contribution >= 0.6 is 0 Å². The Kier molecular flexibility index (Phi) is 5.38. The number of halogens is 3. The van der Waals surface area contributed by atoms with Crippen LogP contribution in [-0.4, -0.2) is 34.0 Å². The molecule has 0 saturated carbocycles. The van der Waals surface area contributed by atoms with Gasteiger partial charge in [-0.25, -0.2) is 9.97 Å². The molecular formula is C18H18F3N5. The van der Waals surface area contributed by atoms with Crippen molar-refractivity contribution in [1.82, 2.24) is 14.9 Å². The highest BCUT2D eigenvalue weighted by Gasteiger charge is 2.33. The molecule has 1 N–H and O–H groups in total. The Labute approximate surface area is 149 Å². The summed E-state index contributed by atoms with van der Waals surface area (Å²) in [5, 5.41) is 11.9. The molecule has 26 heavy (non-hydrogen) atoms. The molecular weight excluding hydrogens is 343 g/mol. The van der Waals surface area contributed by atoms with Gasteiger partial charge in [0.2, 0.25) is 0 Å². The monoisotopic (exact) mass is 361 g/mol. The molecule has 0 spiro atoms. The second-order valence-electron chi connectivity index (χ2n) is 6.31. The number of likely N-dealkylation sites (tertiary alicyclic amines) is 1. The summed E-state index contributed by atoms with van der Waals surface area (Å²) in [7, 11) is 0. The van der Waals surface area contributed by atoms with Crippen molar-refractivity contribution in [3.05, 3.63) is 53.5 Å². The van der Waals surface area contributed by atoms with Crippen molar-refractivity contribution in [1.29, 1.82) is 5.26 Å². The number of nitriles is 1. The van der Waals surface area contributed by atoms with Crippen LogP contribution in [0, 0.1) is 11.3 Å². The zero-order valence-corrected chi connectivity index (χ0v) is 14.0. The highest BCUT2D eigenvalue weighted by molar-refractivity contribution is 5.37. The predicted octanol–water partition coefficient (Wildman–Crippen LogP) is 3.44. The smallest absolute Gasteiger partial charge is 0.366 e. The van der Waals surface area contributed by atoms with Crippen molar-refractivity contribution >= 4 is 5.82 Å². The number of aromatic nitrogens is 2.